The summed E-state index contributed by atoms with van der Waals surface area (Å²) in [5.74, 6) is 0. The van der Waals surface area contributed by atoms with Crippen LogP contribution in [0, 0.1) is 0 Å². The normalized spacial score (nSPS) is 13.1. The molecule has 5 nitrogen and oxygen atoms in total. The van der Waals surface area contributed by atoms with Crippen molar-refractivity contribution in [2.24, 2.45) is 0 Å². The SMILES string of the molecule is CN(C)S(=O)(=O)N(CCO)CC(F)F. The predicted octanol–water partition coefficient (Wildman–Crippen LogP) is -0.648. The van der Waals surface area contributed by atoms with Gasteiger partial charge in [-0.25, -0.2) is 8.78 Å². The molecule has 0 heterocycles. The Morgan fingerprint density at radius 2 is 1.86 bits per heavy atom. The highest BCUT2D eigenvalue weighted by Gasteiger charge is 2.26. The number of halogens is 2. The fourth-order valence-electron chi connectivity index (χ4n) is 0.797. The van der Waals surface area contributed by atoms with Gasteiger partial charge in [0.25, 0.3) is 16.6 Å². The highest BCUT2D eigenvalue weighted by atomic mass is 32.2. The Labute approximate surface area is 82.1 Å². The molecule has 0 fully saturated rings. The van der Waals surface area contributed by atoms with E-state index in [1.165, 1.54) is 14.1 Å². The van der Waals surface area contributed by atoms with E-state index in [1.54, 1.807) is 0 Å². The van der Waals surface area contributed by atoms with Gasteiger partial charge in [-0.1, -0.05) is 0 Å². The first-order chi connectivity index (χ1) is 6.32. The topological polar surface area (TPSA) is 60.9 Å². The van der Waals surface area contributed by atoms with Gasteiger partial charge in [-0.3, -0.25) is 0 Å². The van der Waals surface area contributed by atoms with E-state index in [-0.39, 0.29) is 6.54 Å². The van der Waals surface area contributed by atoms with E-state index in [1.807, 2.05) is 0 Å². The molecule has 86 valence electrons. The second kappa shape index (κ2) is 5.54. The average molecular weight is 232 g/mol. The molecule has 0 aromatic rings. The molecule has 0 aliphatic rings. The lowest BCUT2D eigenvalue weighted by atomic mass is 10.6. The van der Waals surface area contributed by atoms with Crippen LogP contribution >= 0.6 is 0 Å². The Morgan fingerprint density at radius 1 is 1.36 bits per heavy atom. The van der Waals surface area contributed by atoms with E-state index in [0.717, 1.165) is 4.31 Å². The smallest absolute Gasteiger partial charge is 0.281 e. The van der Waals surface area contributed by atoms with Gasteiger partial charge in [0.15, 0.2) is 0 Å². The maximum Gasteiger partial charge on any atom is 0.281 e. The Kier molecular flexibility index (Phi) is 5.42. The van der Waals surface area contributed by atoms with Crippen LogP contribution in [0.4, 0.5) is 8.78 Å². The summed E-state index contributed by atoms with van der Waals surface area (Å²) in [6.07, 6.45) is -2.75. The molecule has 0 saturated carbocycles. The quantitative estimate of drug-likeness (QED) is 0.662. The number of hydrogen-bond donors (Lipinski definition) is 1. The maximum absolute atomic E-state index is 12.0. The molecule has 0 amide bonds. The molecular formula is C6H14F2N2O3S. The van der Waals surface area contributed by atoms with Crippen LogP contribution in [0.3, 0.4) is 0 Å². The fraction of sp³-hybridized carbons (Fsp3) is 1.00. The molecule has 0 aliphatic carbocycles. The standard InChI is InChI=1S/C6H14F2N2O3S/c1-9(2)14(12,13)10(3-4-11)5-6(7)8/h6,11H,3-5H2,1-2H3. The van der Waals surface area contributed by atoms with Gasteiger partial charge in [-0.05, 0) is 0 Å². The molecule has 0 rings (SSSR count). The van der Waals surface area contributed by atoms with Crippen LogP contribution in [0.1, 0.15) is 0 Å². The van der Waals surface area contributed by atoms with Crippen LogP contribution in [0.5, 0.6) is 0 Å². The van der Waals surface area contributed by atoms with Crippen molar-refractivity contribution in [1.82, 2.24) is 8.61 Å². The molecule has 8 heteroatoms. The Morgan fingerprint density at radius 3 is 2.14 bits per heavy atom. The van der Waals surface area contributed by atoms with Crippen LogP contribution in [-0.4, -0.2) is 62.4 Å². The first-order valence-electron chi connectivity index (χ1n) is 3.89. The number of rotatable bonds is 6. The van der Waals surface area contributed by atoms with Gasteiger partial charge in [0, 0.05) is 20.6 Å². The summed E-state index contributed by atoms with van der Waals surface area (Å²) in [7, 11) is -1.39. The molecule has 0 aromatic heterocycles. The second-order valence-electron chi connectivity index (χ2n) is 2.76. The van der Waals surface area contributed by atoms with Crippen molar-refractivity contribution in [3.63, 3.8) is 0 Å². The number of hydrogen-bond acceptors (Lipinski definition) is 3. The van der Waals surface area contributed by atoms with Gasteiger partial charge < -0.3 is 5.11 Å². The van der Waals surface area contributed by atoms with Gasteiger partial charge in [0.05, 0.1) is 13.2 Å². The van der Waals surface area contributed by atoms with Gasteiger partial charge in [0.1, 0.15) is 0 Å². The van der Waals surface area contributed by atoms with Crippen molar-refractivity contribution >= 4 is 10.2 Å². The largest absolute Gasteiger partial charge is 0.395 e. The van der Waals surface area contributed by atoms with Crippen LogP contribution in [0.15, 0.2) is 0 Å². The third-order valence-corrected chi connectivity index (χ3v) is 3.39. The third-order valence-electron chi connectivity index (χ3n) is 1.48. The molecule has 1 N–H and O–H groups in total. The van der Waals surface area contributed by atoms with Crippen molar-refractivity contribution in [1.29, 1.82) is 0 Å². The Balaban J connectivity index is 4.64. The van der Waals surface area contributed by atoms with Gasteiger partial charge in [0.2, 0.25) is 0 Å². The third kappa shape index (κ3) is 3.82. The summed E-state index contributed by atoms with van der Waals surface area (Å²) in [4.78, 5) is 0. The van der Waals surface area contributed by atoms with E-state index < -0.39 is 29.8 Å². The van der Waals surface area contributed by atoms with E-state index >= 15 is 0 Å². The molecular weight excluding hydrogens is 218 g/mol. The first kappa shape index (κ1) is 13.7. The fourth-order valence-corrected chi connectivity index (χ4v) is 1.87. The lowest BCUT2D eigenvalue weighted by Crippen LogP contribution is -2.43. The molecule has 0 radical (unpaired) electrons. The van der Waals surface area contributed by atoms with Crippen LogP contribution in [0.25, 0.3) is 0 Å². The van der Waals surface area contributed by atoms with E-state index in [2.05, 4.69) is 0 Å². The summed E-state index contributed by atoms with van der Waals surface area (Å²) in [5, 5.41) is 8.53. The zero-order valence-corrected chi connectivity index (χ0v) is 8.84. The van der Waals surface area contributed by atoms with E-state index in [4.69, 9.17) is 5.11 Å². The van der Waals surface area contributed by atoms with Crippen LogP contribution in [-0.2, 0) is 10.2 Å². The van der Waals surface area contributed by atoms with Crippen LogP contribution < -0.4 is 0 Å². The van der Waals surface area contributed by atoms with Crippen LogP contribution in [0.2, 0.25) is 0 Å². The summed E-state index contributed by atoms with van der Waals surface area (Å²) in [6, 6.07) is 0. The molecule has 0 aliphatic heterocycles. The summed E-state index contributed by atoms with van der Waals surface area (Å²) < 4.78 is 48.1. The van der Waals surface area contributed by atoms with Gasteiger partial charge in [-0.15, -0.1) is 0 Å². The van der Waals surface area contributed by atoms with Gasteiger partial charge in [-0.2, -0.15) is 17.0 Å². The highest BCUT2D eigenvalue weighted by Crippen LogP contribution is 2.07. The molecule has 0 bridgehead atoms. The maximum atomic E-state index is 12.0. The summed E-state index contributed by atoms with van der Waals surface area (Å²) in [6.45, 7) is -1.72. The Hall–Kier alpha value is -0.310. The van der Waals surface area contributed by atoms with E-state index in [0.29, 0.717) is 4.31 Å². The minimum atomic E-state index is -3.87. The van der Waals surface area contributed by atoms with Crippen molar-refractivity contribution in [2.45, 2.75) is 6.43 Å². The minimum Gasteiger partial charge on any atom is -0.395 e. The molecule has 14 heavy (non-hydrogen) atoms. The molecule has 0 saturated heterocycles. The number of aliphatic hydroxyl groups is 1. The van der Waals surface area contributed by atoms with Crippen molar-refractivity contribution in [2.75, 3.05) is 33.8 Å². The summed E-state index contributed by atoms with van der Waals surface area (Å²) >= 11 is 0. The zero-order valence-electron chi connectivity index (χ0n) is 8.02. The molecule has 0 atom stereocenters. The first-order valence-corrected chi connectivity index (χ1v) is 5.28. The van der Waals surface area contributed by atoms with E-state index in [9.17, 15) is 17.2 Å². The number of alkyl halides is 2. The lowest BCUT2D eigenvalue weighted by Gasteiger charge is -2.24. The number of nitrogens with zero attached hydrogens (tertiary/aromatic N) is 2. The molecule has 0 unspecified atom stereocenters. The van der Waals surface area contributed by atoms with Crippen molar-refractivity contribution in [3.8, 4) is 0 Å². The lowest BCUT2D eigenvalue weighted by molar-refractivity contribution is 0.111. The minimum absolute atomic E-state index is 0.329. The number of aliphatic hydroxyl groups excluding tert-OH is 1. The summed E-state index contributed by atoms with van der Waals surface area (Å²) in [5.41, 5.74) is 0. The predicted molar refractivity (Wildman–Crippen MR) is 47.3 cm³/mol. The van der Waals surface area contributed by atoms with Crippen molar-refractivity contribution in [3.05, 3.63) is 0 Å². The monoisotopic (exact) mass is 232 g/mol. The molecule has 0 aromatic carbocycles. The Bertz CT molecular complexity index is 256. The van der Waals surface area contributed by atoms with Crippen molar-refractivity contribution < 1.29 is 22.3 Å². The van der Waals surface area contributed by atoms with Gasteiger partial charge >= 0.3 is 0 Å². The zero-order chi connectivity index (χ0) is 11.4. The highest BCUT2D eigenvalue weighted by molar-refractivity contribution is 7.86. The average Bonchev–Trinajstić information content (AvgIpc) is 2.02. The molecule has 0 spiro atoms. The second-order valence-corrected chi connectivity index (χ2v) is 4.91.